The van der Waals surface area contributed by atoms with Crippen molar-refractivity contribution in [2.45, 2.75) is 63.7 Å². The first-order chi connectivity index (χ1) is 14.2. The number of nitrogens with zero attached hydrogens (tertiary/aromatic N) is 2. The number of esters is 1. The minimum Gasteiger partial charge on any atom is -0.455 e. The topological polar surface area (TPSA) is 70.4 Å². The third-order valence-corrected chi connectivity index (χ3v) is 7.46. The first-order valence-corrected chi connectivity index (χ1v) is 11.2. The number of aryl methyl sites for hydroxylation is 2. The lowest BCUT2D eigenvalue weighted by atomic mass is 9.49. The first-order valence-electron chi connectivity index (χ1n) is 10.8. The van der Waals surface area contributed by atoms with Crippen molar-refractivity contribution in [2.24, 2.45) is 17.3 Å². The Morgan fingerprint density at radius 3 is 2.37 bits per heavy atom. The number of halogens is 1. The largest absolute Gasteiger partial charge is 0.455 e. The lowest BCUT2D eigenvalue weighted by Gasteiger charge is -2.58. The van der Waals surface area contributed by atoms with Gasteiger partial charge in [-0.1, -0.05) is 6.07 Å². The number of nitriles is 1. The molecule has 4 fully saturated rings. The Balaban J connectivity index is 1.45. The lowest BCUT2D eigenvalue weighted by Crippen LogP contribution is -2.56. The van der Waals surface area contributed by atoms with E-state index in [0.29, 0.717) is 18.3 Å². The van der Waals surface area contributed by atoms with Gasteiger partial charge in [0.25, 0.3) is 5.91 Å². The summed E-state index contributed by atoms with van der Waals surface area (Å²) in [7, 11) is 0. The highest BCUT2D eigenvalue weighted by molar-refractivity contribution is 6.24. The molecule has 4 aliphatic rings. The van der Waals surface area contributed by atoms with Gasteiger partial charge in [0.1, 0.15) is 0 Å². The zero-order valence-corrected chi connectivity index (χ0v) is 18.5. The third kappa shape index (κ3) is 4.07. The molecule has 5 rings (SSSR count). The Kier molecular flexibility index (Phi) is 5.57. The Labute approximate surface area is 183 Å². The van der Waals surface area contributed by atoms with Crippen molar-refractivity contribution in [3.8, 4) is 6.07 Å². The minimum atomic E-state index is -0.524. The fraction of sp³-hybridized carbons (Fsp3) is 0.625. The number of amides is 1. The van der Waals surface area contributed by atoms with E-state index in [4.69, 9.17) is 21.6 Å². The lowest BCUT2D eigenvalue weighted by molar-refractivity contribution is -0.171. The molecule has 0 heterocycles. The number of ether oxygens (including phenoxy) is 1. The van der Waals surface area contributed by atoms with Crippen LogP contribution >= 0.6 is 11.6 Å². The molecule has 0 radical (unpaired) electrons. The van der Waals surface area contributed by atoms with Gasteiger partial charge in [-0.3, -0.25) is 9.59 Å². The zero-order chi connectivity index (χ0) is 21.5. The van der Waals surface area contributed by atoms with E-state index in [9.17, 15) is 9.59 Å². The highest BCUT2D eigenvalue weighted by Gasteiger charge is 2.60. The highest BCUT2D eigenvalue weighted by atomic mass is 35.5. The summed E-state index contributed by atoms with van der Waals surface area (Å²) < 4.78 is 5.60. The summed E-state index contributed by atoms with van der Waals surface area (Å²) in [6, 6.07) is 7.96. The maximum absolute atomic E-state index is 13.1. The van der Waals surface area contributed by atoms with E-state index in [1.165, 1.54) is 0 Å². The average Bonchev–Trinajstić information content (AvgIpc) is 2.63. The molecule has 0 aromatic heterocycles. The van der Waals surface area contributed by atoms with Crippen LogP contribution in [-0.2, 0) is 14.3 Å². The van der Waals surface area contributed by atoms with Crippen molar-refractivity contribution in [3.05, 3.63) is 29.3 Å². The van der Waals surface area contributed by atoms with Gasteiger partial charge in [0, 0.05) is 17.1 Å². The van der Waals surface area contributed by atoms with Crippen LogP contribution < -0.4 is 4.90 Å². The van der Waals surface area contributed by atoms with E-state index in [1.807, 2.05) is 32.0 Å². The van der Waals surface area contributed by atoms with Crippen LogP contribution in [0.5, 0.6) is 0 Å². The standard InChI is InChI=1S/C24H29ClN2O3/c1-16-6-17(2)8-20(7-16)27(5-3-4-26)21(28)14-30-22(29)23-10-18-9-19(11-23)13-24(25,12-18)15-23/h6-8,18-19H,3,5,9-15H2,1-2H3/t18-,19+,23?,24?. The quantitative estimate of drug-likeness (QED) is 0.487. The number of anilines is 1. The van der Waals surface area contributed by atoms with E-state index in [2.05, 4.69) is 6.07 Å². The first kappa shape index (κ1) is 21.2. The Morgan fingerprint density at radius 1 is 1.17 bits per heavy atom. The molecule has 2 unspecified atom stereocenters. The van der Waals surface area contributed by atoms with E-state index in [1.54, 1.807) is 4.90 Å². The van der Waals surface area contributed by atoms with Crippen molar-refractivity contribution in [1.29, 1.82) is 5.26 Å². The number of alkyl halides is 1. The molecule has 4 saturated carbocycles. The van der Waals surface area contributed by atoms with Crippen molar-refractivity contribution in [2.75, 3.05) is 18.1 Å². The number of rotatable bonds is 6. The molecule has 0 spiro atoms. The minimum absolute atomic E-state index is 0.217. The van der Waals surface area contributed by atoms with E-state index in [0.717, 1.165) is 48.9 Å². The zero-order valence-electron chi connectivity index (χ0n) is 17.7. The molecule has 1 amide bonds. The number of carbonyl (C=O) groups excluding carboxylic acids is 2. The Hall–Kier alpha value is -2.06. The fourth-order valence-electron chi connectivity index (χ4n) is 6.41. The molecule has 4 bridgehead atoms. The Morgan fingerprint density at radius 2 is 1.80 bits per heavy atom. The van der Waals surface area contributed by atoms with Crippen molar-refractivity contribution >= 4 is 29.2 Å². The summed E-state index contributed by atoms with van der Waals surface area (Å²) in [5.74, 6) is 0.424. The second kappa shape index (κ2) is 7.89. The molecule has 6 heteroatoms. The third-order valence-electron chi connectivity index (χ3n) is 7.02. The smallest absolute Gasteiger partial charge is 0.312 e. The summed E-state index contributed by atoms with van der Waals surface area (Å²) in [6.07, 6.45) is 5.70. The summed E-state index contributed by atoms with van der Waals surface area (Å²) >= 11 is 6.83. The SMILES string of the molecule is Cc1cc(C)cc(N(CCC#N)C(=O)COC(=O)C23C[C@@H]4C[C@@H](CC(Cl)(C4)C2)C3)c1. The van der Waals surface area contributed by atoms with Crippen molar-refractivity contribution in [1.82, 2.24) is 0 Å². The van der Waals surface area contributed by atoms with Gasteiger partial charge in [0.15, 0.2) is 6.61 Å². The number of hydrogen-bond acceptors (Lipinski definition) is 4. The van der Waals surface area contributed by atoms with Gasteiger partial charge in [-0.25, -0.2) is 0 Å². The second-order valence-corrected chi connectivity index (χ2v) is 10.6. The molecule has 0 N–H and O–H groups in total. The predicted molar refractivity (Wildman–Crippen MR) is 115 cm³/mol. The summed E-state index contributed by atoms with van der Waals surface area (Å²) in [5, 5.41) is 9.01. The molecule has 30 heavy (non-hydrogen) atoms. The second-order valence-electron chi connectivity index (χ2n) is 9.77. The van der Waals surface area contributed by atoms with Crippen molar-refractivity contribution < 1.29 is 14.3 Å². The molecule has 0 saturated heterocycles. The fourth-order valence-corrected chi connectivity index (χ4v) is 7.11. The molecule has 5 nitrogen and oxygen atoms in total. The van der Waals surface area contributed by atoms with Gasteiger partial charge in [0.05, 0.1) is 17.9 Å². The van der Waals surface area contributed by atoms with Gasteiger partial charge in [-0.15, -0.1) is 11.6 Å². The van der Waals surface area contributed by atoms with Gasteiger partial charge in [0.2, 0.25) is 0 Å². The van der Waals surface area contributed by atoms with E-state index >= 15 is 0 Å². The van der Waals surface area contributed by atoms with Crippen LogP contribution in [0.15, 0.2) is 18.2 Å². The van der Waals surface area contributed by atoms with Gasteiger partial charge >= 0.3 is 5.97 Å². The molecule has 4 atom stereocenters. The summed E-state index contributed by atoms with van der Waals surface area (Å²) in [5.41, 5.74) is 2.29. The number of benzene rings is 1. The van der Waals surface area contributed by atoms with E-state index in [-0.39, 0.29) is 36.3 Å². The van der Waals surface area contributed by atoms with Gasteiger partial charge in [-0.05, 0) is 87.5 Å². The molecule has 1 aromatic rings. The number of carbonyl (C=O) groups is 2. The van der Waals surface area contributed by atoms with Crippen LogP contribution in [0.3, 0.4) is 0 Å². The maximum Gasteiger partial charge on any atom is 0.312 e. The predicted octanol–water partition coefficient (Wildman–Crippen LogP) is 4.67. The molecule has 0 aliphatic heterocycles. The van der Waals surface area contributed by atoms with E-state index < -0.39 is 5.41 Å². The highest BCUT2D eigenvalue weighted by Crippen LogP contribution is 2.64. The average molecular weight is 429 g/mol. The number of hydrogen-bond donors (Lipinski definition) is 0. The molecule has 4 aliphatic carbocycles. The summed E-state index contributed by atoms with van der Waals surface area (Å²) in [4.78, 5) is 27.4. The molecular formula is C24H29ClN2O3. The van der Waals surface area contributed by atoms with Crippen LogP contribution in [0.25, 0.3) is 0 Å². The summed E-state index contributed by atoms with van der Waals surface area (Å²) in [6.45, 7) is 3.91. The van der Waals surface area contributed by atoms with Gasteiger partial charge < -0.3 is 9.64 Å². The molecule has 1 aromatic carbocycles. The van der Waals surface area contributed by atoms with Crippen LogP contribution in [0.4, 0.5) is 5.69 Å². The monoisotopic (exact) mass is 428 g/mol. The van der Waals surface area contributed by atoms with Gasteiger partial charge in [-0.2, -0.15) is 5.26 Å². The van der Waals surface area contributed by atoms with Crippen LogP contribution in [0, 0.1) is 42.4 Å². The van der Waals surface area contributed by atoms with Crippen LogP contribution in [0.1, 0.15) is 56.1 Å². The van der Waals surface area contributed by atoms with Crippen molar-refractivity contribution in [3.63, 3.8) is 0 Å². The maximum atomic E-state index is 13.1. The van der Waals surface area contributed by atoms with Crippen LogP contribution in [0.2, 0.25) is 0 Å². The Bertz CT molecular complexity index is 872. The molecule has 160 valence electrons. The molecular weight excluding hydrogens is 400 g/mol. The normalized spacial score (nSPS) is 31.3. The van der Waals surface area contributed by atoms with Crippen LogP contribution in [-0.4, -0.2) is 29.9 Å².